The van der Waals surface area contributed by atoms with E-state index in [2.05, 4.69) is 22.2 Å². The molecule has 0 radical (unpaired) electrons. The Kier molecular flexibility index (Phi) is 4.16. The van der Waals surface area contributed by atoms with Gasteiger partial charge in [0.05, 0.1) is 6.54 Å². The summed E-state index contributed by atoms with van der Waals surface area (Å²) in [7, 11) is -3.28. The lowest BCUT2D eigenvalue weighted by Gasteiger charge is -2.07. The molecule has 0 bridgehead atoms. The molecule has 5 nitrogen and oxygen atoms in total. The van der Waals surface area contributed by atoms with Crippen LogP contribution < -0.4 is 5.32 Å². The summed E-state index contributed by atoms with van der Waals surface area (Å²) >= 11 is 1.61. The third-order valence-corrected chi connectivity index (χ3v) is 4.80. The van der Waals surface area contributed by atoms with E-state index in [-0.39, 0.29) is 4.90 Å². The molecule has 0 aliphatic rings. The number of nitrogens with zero attached hydrogens (tertiary/aromatic N) is 2. The summed E-state index contributed by atoms with van der Waals surface area (Å²) in [6, 6.07) is 3.16. The first-order valence-corrected chi connectivity index (χ1v) is 8.54. The van der Waals surface area contributed by atoms with E-state index < -0.39 is 9.84 Å². The first-order valence-electron chi connectivity index (χ1n) is 5.83. The molecular formula is C12H15N3O2S2. The van der Waals surface area contributed by atoms with Gasteiger partial charge >= 0.3 is 0 Å². The van der Waals surface area contributed by atoms with Crippen molar-refractivity contribution in [2.75, 3.05) is 11.6 Å². The van der Waals surface area contributed by atoms with Crippen LogP contribution in [-0.4, -0.2) is 24.6 Å². The van der Waals surface area contributed by atoms with Gasteiger partial charge in [0.2, 0.25) is 0 Å². The molecule has 0 aliphatic carbocycles. The van der Waals surface area contributed by atoms with Crippen LogP contribution in [0.25, 0.3) is 0 Å². The Bertz CT molecular complexity index is 665. The molecule has 0 aliphatic heterocycles. The lowest BCUT2D eigenvalue weighted by molar-refractivity contribution is 0.601. The van der Waals surface area contributed by atoms with Crippen molar-refractivity contribution in [3.05, 3.63) is 34.4 Å². The van der Waals surface area contributed by atoms with Crippen molar-refractivity contribution in [2.45, 2.75) is 24.8 Å². The van der Waals surface area contributed by atoms with E-state index in [9.17, 15) is 8.42 Å². The van der Waals surface area contributed by atoms with Gasteiger partial charge in [0.25, 0.3) is 0 Å². The Balaban J connectivity index is 2.16. The molecule has 2 heterocycles. The zero-order valence-electron chi connectivity index (χ0n) is 10.8. The van der Waals surface area contributed by atoms with E-state index >= 15 is 0 Å². The minimum atomic E-state index is -3.28. The second-order valence-electron chi connectivity index (χ2n) is 4.05. The van der Waals surface area contributed by atoms with Gasteiger partial charge in [0.1, 0.15) is 15.7 Å². The van der Waals surface area contributed by atoms with Gasteiger partial charge in [-0.25, -0.2) is 18.4 Å². The topological polar surface area (TPSA) is 72.0 Å². The number of rotatable bonds is 5. The number of anilines is 1. The molecule has 7 heteroatoms. The fraction of sp³-hybridized carbons (Fsp3) is 0.333. The van der Waals surface area contributed by atoms with Crippen LogP contribution in [0.5, 0.6) is 0 Å². The molecule has 1 N–H and O–H groups in total. The van der Waals surface area contributed by atoms with E-state index in [1.165, 1.54) is 11.1 Å². The average molecular weight is 297 g/mol. The lowest BCUT2D eigenvalue weighted by atomic mass is 10.4. The van der Waals surface area contributed by atoms with Crippen molar-refractivity contribution in [3.63, 3.8) is 0 Å². The predicted molar refractivity (Wildman–Crippen MR) is 76.2 cm³/mol. The molecule has 0 saturated carbocycles. The van der Waals surface area contributed by atoms with Gasteiger partial charge in [0.15, 0.2) is 9.84 Å². The number of nitrogens with one attached hydrogen (secondary N) is 1. The lowest BCUT2D eigenvalue weighted by Crippen LogP contribution is -2.07. The standard InChI is InChI=1S/C12H15N3O2S2/c1-3-9-7-14-11(18-9)8-15-12-10(19(2,16)17)5-4-6-13-12/h4-7H,3,8H2,1-2H3,(H,13,15). The molecule has 0 unspecified atom stereocenters. The third-order valence-electron chi connectivity index (χ3n) is 2.53. The number of thiazole rings is 1. The number of aryl methyl sites for hydroxylation is 1. The highest BCUT2D eigenvalue weighted by Crippen LogP contribution is 2.20. The normalized spacial score (nSPS) is 11.5. The number of aromatic nitrogens is 2. The summed E-state index contributed by atoms with van der Waals surface area (Å²) < 4.78 is 23.2. The highest BCUT2D eigenvalue weighted by Gasteiger charge is 2.13. The maximum absolute atomic E-state index is 11.6. The Morgan fingerprint density at radius 1 is 1.37 bits per heavy atom. The molecule has 0 aromatic carbocycles. The molecule has 0 atom stereocenters. The molecule has 0 saturated heterocycles. The highest BCUT2D eigenvalue weighted by molar-refractivity contribution is 7.90. The second kappa shape index (κ2) is 5.66. The summed E-state index contributed by atoms with van der Waals surface area (Å²) in [6.45, 7) is 2.55. The number of sulfone groups is 1. The molecule has 2 aromatic heterocycles. The van der Waals surface area contributed by atoms with Crippen molar-refractivity contribution < 1.29 is 8.42 Å². The van der Waals surface area contributed by atoms with Gasteiger partial charge in [-0.1, -0.05) is 6.92 Å². The van der Waals surface area contributed by atoms with Crippen molar-refractivity contribution in [3.8, 4) is 0 Å². The van der Waals surface area contributed by atoms with Crippen LogP contribution in [0.15, 0.2) is 29.4 Å². The molecule has 0 amide bonds. The molecule has 2 aromatic rings. The van der Waals surface area contributed by atoms with Crippen molar-refractivity contribution in [2.24, 2.45) is 0 Å². The van der Waals surface area contributed by atoms with E-state index in [1.54, 1.807) is 29.7 Å². The van der Waals surface area contributed by atoms with Crippen LogP contribution in [0.3, 0.4) is 0 Å². The molecule has 19 heavy (non-hydrogen) atoms. The number of pyridine rings is 1. The van der Waals surface area contributed by atoms with E-state index in [1.807, 2.05) is 6.20 Å². The predicted octanol–water partition coefficient (Wildman–Crippen LogP) is 2.12. The first kappa shape index (κ1) is 14.0. The number of hydrogen-bond acceptors (Lipinski definition) is 6. The van der Waals surface area contributed by atoms with Gasteiger partial charge in [-0.2, -0.15) is 0 Å². The van der Waals surface area contributed by atoms with E-state index in [0.717, 1.165) is 11.4 Å². The van der Waals surface area contributed by atoms with Crippen molar-refractivity contribution >= 4 is 27.0 Å². The largest absolute Gasteiger partial charge is 0.362 e. The fourth-order valence-electron chi connectivity index (χ4n) is 1.58. The summed E-state index contributed by atoms with van der Waals surface area (Å²) in [6.07, 6.45) is 5.54. The van der Waals surface area contributed by atoms with E-state index in [0.29, 0.717) is 12.4 Å². The van der Waals surface area contributed by atoms with Crippen molar-refractivity contribution in [1.82, 2.24) is 9.97 Å². The molecule has 102 valence electrons. The minimum Gasteiger partial charge on any atom is -0.362 e. The maximum Gasteiger partial charge on any atom is 0.179 e. The molecule has 2 rings (SSSR count). The fourth-order valence-corrected chi connectivity index (χ4v) is 3.18. The number of hydrogen-bond donors (Lipinski definition) is 1. The summed E-state index contributed by atoms with van der Waals surface area (Å²) in [4.78, 5) is 9.77. The average Bonchev–Trinajstić information content (AvgIpc) is 2.83. The van der Waals surface area contributed by atoms with Gasteiger partial charge in [-0.3, -0.25) is 0 Å². The summed E-state index contributed by atoms with van der Waals surface area (Å²) in [5.74, 6) is 0.373. The van der Waals surface area contributed by atoms with Crippen molar-refractivity contribution in [1.29, 1.82) is 0 Å². The van der Waals surface area contributed by atoms with Gasteiger partial charge in [0, 0.05) is 23.5 Å². The van der Waals surface area contributed by atoms with Crippen LogP contribution >= 0.6 is 11.3 Å². The Hall–Kier alpha value is -1.47. The zero-order valence-corrected chi connectivity index (χ0v) is 12.4. The van der Waals surface area contributed by atoms with Crippen LogP contribution in [0.2, 0.25) is 0 Å². The Labute approximate surface area is 116 Å². The minimum absolute atomic E-state index is 0.210. The van der Waals surface area contributed by atoms with Crippen LogP contribution in [0, 0.1) is 0 Å². The third kappa shape index (κ3) is 3.51. The zero-order chi connectivity index (χ0) is 13.9. The van der Waals surface area contributed by atoms with Gasteiger partial charge in [-0.15, -0.1) is 11.3 Å². The first-order chi connectivity index (χ1) is 9.00. The van der Waals surface area contributed by atoms with E-state index in [4.69, 9.17) is 0 Å². The quantitative estimate of drug-likeness (QED) is 0.915. The molecule has 0 spiro atoms. The van der Waals surface area contributed by atoms with Crippen LogP contribution in [0.4, 0.5) is 5.82 Å². The smallest absolute Gasteiger partial charge is 0.179 e. The summed E-state index contributed by atoms with van der Waals surface area (Å²) in [5, 5.41) is 3.95. The SMILES string of the molecule is CCc1cnc(CNc2ncccc2S(C)(=O)=O)s1. The molecular weight excluding hydrogens is 282 g/mol. The Morgan fingerprint density at radius 3 is 2.79 bits per heavy atom. The monoisotopic (exact) mass is 297 g/mol. The van der Waals surface area contributed by atoms with Crippen LogP contribution in [0.1, 0.15) is 16.8 Å². The van der Waals surface area contributed by atoms with Gasteiger partial charge < -0.3 is 5.32 Å². The van der Waals surface area contributed by atoms with Crippen LogP contribution in [-0.2, 0) is 22.8 Å². The summed E-state index contributed by atoms with van der Waals surface area (Å²) in [5.41, 5.74) is 0. The Morgan fingerprint density at radius 2 is 2.16 bits per heavy atom. The van der Waals surface area contributed by atoms with Gasteiger partial charge in [-0.05, 0) is 18.6 Å². The second-order valence-corrected chi connectivity index (χ2v) is 7.23. The maximum atomic E-state index is 11.6. The highest BCUT2D eigenvalue weighted by atomic mass is 32.2. The molecule has 0 fully saturated rings.